The molecule has 0 aromatic heterocycles. The third kappa shape index (κ3) is 3.55. The Hall–Kier alpha value is -1.91. The monoisotopic (exact) mass is 347 g/mol. The number of esters is 1. The second kappa shape index (κ2) is 7.54. The van der Waals surface area contributed by atoms with E-state index < -0.39 is 5.41 Å². The van der Waals surface area contributed by atoms with Crippen LogP contribution in [0.1, 0.15) is 51.0 Å². The second-order valence-electron chi connectivity index (χ2n) is 7.14. The molecule has 0 bridgehead atoms. The van der Waals surface area contributed by atoms with Gasteiger partial charge in [-0.3, -0.25) is 9.59 Å². The van der Waals surface area contributed by atoms with Gasteiger partial charge in [0.05, 0.1) is 17.9 Å². The molecule has 1 aromatic carbocycles. The molecule has 0 spiro atoms. The van der Waals surface area contributed by atoms with Crippen LogP contribution in [0.5, 0.6) is 0 Å². The Kier molecular flexibility index (Phi) is 5.40. The zero-order valence-electron chi connectivity index (χ0n) is 14.8. The molecule has 136 valence electrons. The molecule has 25 heavy (non-hydrogen) atoms. The van der Waals surface area contributed by atoms with E-state index in [1.807, 2.05) is 6.07 Å². The van der Waals surface area contributed by atoms with Crippen LogP contribution >= 0.6 is 0 Å². The van der Waals surface area contributed by atoms with Crippen molar-refractivity contribution in [3.63, 3.8) is 0 Å². The van der Waals surface area contributed by atoms with E-state index in [0.29, 0.717) is 19.7 Å². The fraction of sp³-hybridized carbons (Fsp3) is 0.600. The molecule has 1 saturated heterocycles. The van der Waals surface area contributed by atoms with E-state index in [0.717, 1.165) is 44.1 Å². The zero-order chi connectivity index (χ0) is 17.9. The predicted molar refractivity (Wildman–Crippen MR) is 92.5 cm³/mol. The van der Waals surface area contributed by atoms with Gasteiger partial charge in [0.1, 0.15) is 5.82 Å². The fourth-order valence-corrected chi connectivity index (χ4v) is 4.31. The molecular formula is C20H26FNO3. The summed E-state index contributed by atoms with van der Waals surface area (Å²) in [4.78, 5) is 27.3. The summed E-state index contributed by atoms with van der Waals surface area (Å²) in [6.45, 7) is 3.22. The summed E-state index contributed by atoms with van der Waals surface area (Å²) >= 11 is 0. The largest absolute Gasteiger partial charge is 0.466 e. The predicted octanol–water partition coefficient (Wildman–Crippen LogP) is 3.44. The Balaban J connectivity index is 1.82. The van der Waals surface area contributed by atoms with Crippen molar-refractivity contribution >= 4 is 11.9 Å². The van der Waals surface area contributed by atoms with E-state index in [2.05, 4.69) is 0 Å². The smallest absolute Gasteiger partial charge is 0.310 e. The number of ether oxygens (including phenoxy) is 1. The molecule has 0 radical (unpaired) electrons. The molecule has 1 amide bonds. The number of nitrogens with zero attached hydrogens (tertiary/aromatic N) is 1. The van der Waals surface area contributed by atoms with Crippen molar-refractivity contribution in [2.75, 3.05) is 19.7 Å². The van der Waals surface area contributed by atoms with Crippen LogP contribution in [0.4, 0.5) is 4.39 Å². The summed E-state index contributed by atoms with van der Waals surface area (Å²) in [7, 11) is 0. The van der Waals surface area contributed by atoms with Crippen LogP contribution in [-0.4, -0.2) is 36.5 Å². The standard InChI is InChI=1S/C20H26FNO3/c1-2-25-18(23)15-7-6-12-22(14-15)19(24)20(10-3-4-11-20)16-8-5-9-17(21)13-16/h5,8-9,13,15H,2-4,6-7,10-12,14H2,1H3. The van der Waals surface area contributed by atoms with Crippen molar-refractivity contribution in [2.24, 2.45) is 5.92 Å². The van der Waals surface area contributed by atoms with Crippen LogP contribution < -0.4 is 0 Å². The molecule has 1 unspecified atom stereocenters. The van der Waals surface area contributed by atoms with Crippen LogP contribution in [0.25, 0.3) is 0 Å². The number of piperidine rings is 1. The number of halogens is 1. The lowest BCUT2D eigenvalue weighted by atomic mass is 9.77. The summed E-state index contributed by atoms with van der Waals surface area (Å²) < 4.78 is 18.9. The molecule has 2 aliphatic rings. The highest BCUT2D eigenvalue weighted by Crippen LogP contribution is 2.43. The second-order valence-corrected chi connectivity index (χ2v) is 7.14. The molecule has 1 heterocycles. The van der Waals surface area contributed by atoms with Gasteiger partial charge in [0, 0.05) is 13.1 Å². The number of likely N-dealkylation sites (tertiary alicyclic amines) is 1. The highest BCUT2D eigenvalue weighted by atomic mass is 19.1. The average molecular weight is 347 g/mol. The Morgan fingerprint density at radius 3 is 2.72 bits per heavy atom. The first kappa shape index (κ1) is 17.9. The molecule has 1 aliphatic carbocycles. The average Bonchev–Trinajstić information content (AvgIpc) is 3.12. The van der Waals surface area contributed by atoms with Crippen molar-refractivity contribution in [1.82, 2.24) is 4.90 Å². The van der Waals surface area contributed by atoms with Gasteiger partial charge >= 0.3 is 5.97 Å². The lowest BCUT2D eigenvalue weighted by Gasteiger charge is -2.38. The Morgan fingerprint density at radius 1 is 1.28 bits per heavy atom. The fourth-order valence-electron chi connectivity index (χ4n) is 4.31. The third-order valence-electron chi connectivity index (χ3n) is 5.57. The van der Waals surface area contributed by atoms with Crippen LogP contribution in [0, 0.1) is 11.7 Å². The van der Waals surface area contributed by atoms with Gasteiger partial charge in [0.15, 0.2) is 0 Å². The summed E-state index contributed by atoms with van der Waals surface area (Å²) in [6.07, 6.45) is 4.99. The minimum atomic E-state index is -0.640. The number of benzene rings is 1. The Labute approximate surface area is 148 Å². The number of rotatable bonds is 4. The molecule has 1 aromatic rings. The van der Waals surface area contributed by atoms with Gasteiger partial charge in [-0.1, -0.05) is 25.0 Å². The van der Waals surface area contributed by atoms with Gasteiger partial charge in [-0.25, -0.2) is 4.39 Å². The highest BCUT2D eigenvalue weighted by molar-refractivity contribution is 5.89. The maximum atomic E-state index is 13.8. The normalized spacial score (nSPS) is 22.6. The van der Waals surface area contributed by atoms with Crippen molar-refractivity contribution in [1.29, 1.82) is 0 Å². The summed E-state index contributed by atoms with van der Waals surface area (Å²) in [5.41, 5.74) is 0.131. The minimum Gasteiger partial charge on any atom is -0.466 e. The number of amides is 1. The van der Waals surface area contributed by atoms with Crippen LogP contribution in [0.15, 0.2) is 24.3 Å². The SMILES string of the molecule is CCOC(=O)C1CCCN(C(=O)C2(c3cccc(F)c3)CCCC2)C1. The lowest BCUT2D eigenvalue weighted by molar-refractivity contribution is -0.152. The van der Waals surface area contributed by atoms with Crippen LogP contribution in [-0.2, 0) is 19.7 Å². The van der Waals surface area contributed by atoms with Crippen molar-refractivity contribution in [3.8, 4) is 0 Å². The molecule has 4 nitrogen and oxygen atoms in total. The van der Waals surface area contributed by atoms with E-state index in [4.69, 9.17) is 4.74 Å². The van der Waals surface area contributed by atoms with E-state index in [1.165, 1.54) is 12.1 Å². The van der Waals surface area contributed by atoms with Crippen molar-refractivity contribution < 1.29 is 18.7 Å². The van der Waals surface area contributed by atoms with Gasteiger partial charge in [-0.05, 0) is 50.3 Å². The minimum absolute atomic E-state index is 0.0459. The van der Waals surface area contributed by atoms with Gasteiger partial charge < -0.3 is 9.64 Å². The maximum absolute atomic E-state index is 13.8. The third-order valence-corrected chi connectivity index (χ3v) is 5.57. The number of hydrogen-bond donors (Lipinski definition) is 0. The van der Waals surface area contributed by atoms with Crippen LogP contribution in [0.3, 0.4) is 0 Å². The topological polar surface area (TPSA) is 46.6 Å². The van der Waals surface area contributed by atoms with Gasteiger partial charge in [-0.15, -0.1) is 0 Å². The molecule has 0 N–H and O–H groups in total. The molecule has 1 aliphatic heterocycles. The van der Waals surface area contributed by atoms with Gasteiger partial charge in [0.25, 0.3) is 0 Å². The van der Waals surface area contributed by atoms with Crippen molar-refractivity contribution in [3.05, 3.63) is 35.6 Å². The first-order valence-electron chi connectivity index (χ1n) is 9.29. The highest BCUT2D eigenvalue weighted by Gasteiger charge is 2.46. The van der Waals surface area contributed by atoms with Gasteiger partial charge in [-0.2, -0.15) is 0 Å². The van der Waals surface area contributed by atoms with Crippen LogP contribution in [0.2, 0.25) is 0 Å². The van der Waals surface area contributed by atoms with E-state index in [-0.39, 0.29) is 23.6 Å². The first-order valence-corrected chi connectivity index (χ1v) is 9.29. The molecule has 5 heteroatoms. The molecular weight excluding hydrogens is 321 g/mol. The Bertz CT molecular complexity index is 640. The number of hydrogen-bond acceptors (Lipinski definition) is 3. The number of carbonyl (C=O) groups excluding carboxylic acids is 2. The summed E-state index contributed by atoms with van der Waals surface area (Å²) in [5, 5.41) is 0. The molecule has 2 fully saturated rings. The summed E-state index contributed by atoms with van der Waals surface area (Å²) in [6, 6.07) is 6.44. The van der Waals surface area contributed by atoms with Gasteiger partial charge in [0.2, 0.25) is 5.91 Å². The van der Waals surface area contributed by atoms with E-state index in [9.17, 15) is 14.0 Å². The molecule has 1 saturated carbocycles. The Morgan fingerprint density at radius 2 is 2.04 bits per heavy atom. The first-order chi connectivity index (χ1) is 12.1. The molecule has 3 rings (SSSR count). The summed E-state index contributed by atoms with van der Waals surface area (Å²) in [5.74, 6) is -0.723. The van der Waals surface area contributed by atoms with Crippen molar-refractivity contribution in [2.45, 2.75) is 50.9 Å². The quantitative estimate of drug-likeness (QED) is 0.784. The lowest BCUT2D eigenvalue weighted by Crippen LogP contribution is -2.50. The number of carbonyl (C=O) groups is 2. The van der Waals surface area contributed by atoms with E-state index >= 15 is 0 Å². The van der Waals surface area contributed by atoms with E-state index in [1.54, 1.807) is 17.9 Å². The zero-order valence-corrected chi connectivity index (χ0v) is 14.8. The molecule has 1 atom stereocenters. The maximum Gasteiger partial charge on any atom is 0.310 e.